The van der Waals surface area contributed by atoms with Gasteiger partial charge in [0.15, 0.2) is 5.82 Å². The van der Waals surface area contributed by atoms with E-state index in [4.69, 9.17) is 21.8 Å². The van der Waals surface area contributed by atoms with Gasteiger partial charge in [-0.1, -0.05) is 11.6 Å². The fraction of sp³-hybridized carbons (Fsp3) is 0.188. The van der Waals surface area contributed by atoms with Crippen molar-refractivity contribution in [1.29, 1.82) is 0 Å². The lowest BCUT2D eigenvalue weighted by Crippen LogP contribution is -2.13. The van der Waals surface area contributed by atoms with Crippen molar-refractivity contribution >= 4 is 39.1 Å². The van der Waals surface area contributed by atoms with Crippen LogP contribution in [0.4, 0.5) is 21.8 Å². The number of primary sulfonamides is 1. The quantitative estimate of drug-likeness (QED) is 0.410. The van der Waals surface area contributed by atoms with Gasteiger partial charge in [0.2, 0.25) is 16.0 Å². The molecule has 5 N–H and O–H groups in total. The van der Waals surface area contributed by atoms with Crippen LogP contribution in [0.15, 0.2) is 41.7 Å². The van der Waals surface area contributed by atoms with Crippen molar-refractivity contribution in [3.8, 4) is 0 Å². The van der Waals surface area contributed by atoms with Crippen LogP contribution in [-0.4, -0.2) is 39.9 Å². The third kappa shape index (κ3) is 5.38. The number of benzene rings is 1. The minimum Gasteiger partial charge on any atom is -0.394 e. The molecular weight excluding hydrogens is 425 g/mol. The summed E-state index contributed by atoms with van der Waals surface area (Å²) in [6.45, 7) is 0.217. The normalized spacial score (nSPS) is 11.4. The summed E-state index contributed by atoms with van der Waals surface area (Å²) in [4.78, 5) is 8.08. The third-order valence-electron chi connectivity index (χ3n) is 3.75. The van der Waals surface area contributed by atoms with E-state index in [0.29, 0.717) is 12.2 Å². The molecule has 0 aliphatic carbocycles. The van der Waals surface area contributed by atoms with Gasteiger partial charge in [0, 0.05) is 18.3 Å². The van der Waals surface area contributed by atoms with Crippen molar-refractivity contribution in [2.24, 2.45) is 5.14 Å². The maximum absolute atomic E-state index is 14.0. The van der Waals surface area contributed by atoms with Gasteiger partial charge in [0.05, 0.1) is 36.1 Å². The molecule has 0 fully saturated rings. The first-order valence-electron chi connectivity index (χ1n) is 8.24. The molecule has 13 heteroatoms. The number of nitrogens with one attached hydrogen (secondary N) is 2. The van der Waals surface area contributed by atoms with Gasteiger partial charge in [-0.2, -0.15) is 10.1 Å². The predicted octanol–water partition coefficient (Wildman–Crippen LogP) is 1.46. The molecule has 2 aromatic heterocycles. The molecular formula is C16H17ClFN7O3S. The molecule has 0 amide bonds. The van der Waals surface area contributed by atoms with Crippen LogP contribution in [0.5, 0.6) is 0 Å². The predicted molar refractivity (Wildman–Crippen MR) is 105 cm³/mol. The zero-order valence-corrected chi connectivity index (χ0v) is 16.5. The maximum atomic E-state index is 14.0. The smallest absolute Gasteiger partial charge is 0.238 e. The second kappa shape index (κ2) is 8.69. The Morgan fingerprint density at radius 1 is 1.31 bits per heavy atom. The Bertz CT molecular complexity index is 1120. The van der Waals surface area contributed by atoms with Crippen LogP contribution in [-0.2, 0) is 23.1 Å². The molecule has 0 atom stereocenters. The van der Waals surface area contributed by atoms with Crippen molar-refractivity contribution in [1.82, 2.24) is 19.7 Å². The molecule has 10 nitrogen and oxygen atoms in total. The number of nitrogens with zero attached hydrogens (tertiary/aromatic N) is 4. The number of nitrogens with two attached hydrogens (primary N) is 1. The van der Waals surface area contributed by atoms with Crippen molar-refractivity contribution in [2.45, 2.75) is 18.0 Å². The van der Waals surface area contributed by atoms with Gasteiger partial charge in [-0.3, -0.25) is 4.68 Å². The highest BCUT2D eigenvalue weighted by Gasteiger charge is 2.13. The number of hydrogen-bond donors (Lipinski definition) is 4. The zero-order valence-electron chi connectivity index (χ0n) is 14.9. The van der Waals surface area contributed by atoms with E-state index < -0.39 is 15.8 Å². The standard InChI is InChI=1S/C16H17ClFN7O3S/c17-13-8-21-16(23-11-7-22-25(9-11)3-4-26)24-15(13)20-6-10-5-12(29(19,27)28)1-2-14(10)18/h1-2,5,7-9,26H,3-4,6H2,(H2,19,27,28)(H2,20,21,23,24). The van der Waals surface area contributed by atoms with Crippen molar-refractivity contribution in [3.63, 3.8) is 0 Å². The Balaban J connectivity index is 1.75. The molecule has 0 aliphatic heterocycles. The Kier molecular flexibility index (Phi) is 6.27. The molecule has 3 aromatic rings. The average Bonchev–Trinajstić information content (AvgIpc) is 3.09. The minimum absolute atomic E-state index is 0.0458. The molecule has 29 heavy (non-hydrogen) atoms. The number of aliphatic hydroxyl groups is 1. The summed E-state index contributed by atoms with van der Waals surface area (Å²) >= 11 is 6.09. The Labute approximate surface area is 170 Å². The number of halogens is 2. The van der Waals surface area contributed by atoms with Crippen LogP contribution >= 0.6 is 11.6 Å². The van der Waals surface area contributed by atoms with Gasteiger partial charge in [-0.05, 0) is 18.2 Å². The van der Waals surface area contributed by atoms with E-state index >= 15 is 0 Å². The first kappa shape index (κ1) is 20.9. The zero-order chi connectivity index (χ0) is 21.0. The summed E-state index contributed by atoms with van der Waals surface area (Å²) in [7, 11) is -3.96. The van der Waals surface area contributed by atoms with E-state index in [9.17, 15) is 12.8 Å². The summed E-state index contributed by atoms with van der Waals surface area (Å²) in [6, 6.07) is 3.25. The van der Waals surface area contributed by atoms with E-state index in [1.165, 1.54) is 12.4 Å². The molecule has 0 unspecified atom stereocenters. The van der Waals surface area contributed by atoms with Crippen molar-refractivity contribution in [3.05, 3.63) is 53.2 Å². The molecule has 0 radical (unpaired) electrons. The van der Waals surface area contributed by atoms with Gasteiger partial charge < -0.3 is 15.7 Å². The van der Waals surface area contributed by atoms with E-state index in [0.717, 1.165) is 18.2 Å². The molecule has 0 aliphatic rings. The highest BCUT2D eigenvalue weighted by Crippen LogP contribution is 2.23. The lowest BCUT2D eigenvalue weighted by molar-refractivity contribution is 0.269. The number of aromatic nitrogens is 4. The van der Waals surface area contributed by atoms with Crippen LogP contribution in [0.25, 0.3) is 0 Å². The first-order chi connectivity index (χ1) is 13.8. The molecule has 2 heterocycles. The highest BCUT2D eigenvalue weighted by atomic mass is 35.5. The summed E-state index contributed by atoms with van der Waals surface area (Å²) < 4.78 is 38.5. The molecule has 0 bridgehead atoms. The molecule has 1 aromatic carbocycles. The summed E-state index contributed by atoms with van der Waals surface area (Å²) in [5.41, 5.74) is 0.671. The number of hydrogen-bond acceptors (Lipinski definition) is 8. The largest absolute Gasteiger partial charge is 0.394 e. The van der Waals surface area contributed by atoms with Gasteiger partial charge in [-0.15, -0.1) is 0 Å². The summed E-state index contributed by atoms with van der Waals surface area (Å²) in [5.74, 6) is -0.184. The second-order valence-corrected chi connectivity index (χ2v) is 7.85. The Morgan fingerprint density at radius 3 is 2.83 bits per heavy atom. The van der Waals surface area contributed by atoms with E-state index in [1.54, 1.807) is 10.9 Å². The summed E-state index contributed by atoms with van der Waals surface area (Å²) in [5, 5.41) is 24.0. The average molecular weight is 442 g/mol. The van der Waals surface area contributed by atoms with E-state index in [1.807, 2.05) is 0 Å². The molecule has 0 saturated heterocycles. The molecule has 0 saturated carbocycles. The van der Waals surface area contributed by atoms with Crippen LogP contribution < -0.4 is 15.8 Å². The van der Waals surface area contributed by atoms with Gasteiger partial charge in [-0.25, -0.2) is 22.9 Å². The Hall–Kier alpha value is -2.80. The number of rotatable bonds is 8. The monoisotopic (exact) mass is 441 g/mol. The fourth-order valence-corrected chi connectivity index (χ4v) is 3.10. The first-order valence-corrected chi connectivity index (χ1v) is 10.2. The van der Waals surface area contributed by atoms with Crippen LogP contribution in [0, 0.1) is 5.82 Å². The molecule has 0 spiro atoms. The van der Waals surface area contributed by atoms with Crippen molar-refractivity contribution in [2.75, 3.05) is 17.2 Å². The highest BCUT2D eigenvalue weighted by molar-refractivity contribution is 7.89. The summed E-state index contributed by atoms with van der Waals surface area (Å²) in [6.07, 6.45) is 4.55. The maximum Gasteiger partial charge on any atom is 0.238 e. The number of aliphatic hydroxyl groups excluding tert-OH is 1. The lowest BCUT2D eigenvalue weighted by atomic mass is 10.2. The third-order valence-corrected chi connectivity index (χ3v) is 4.94. The van der Waals surface area contributed by atoms with E-state index in [2.05, 4.69) is 25.7 Å². The topological polar surface area (TPSA) is 148 Å². The van der Waals surface area contributed by atoms with Gasteiger partial charge >= 0.3 is 0 Å². The Morgan fingerprint density at radius 2 is 2.10 bits per heavy atom. The molecule has 3 rings (SSSR count). The van der Waals surface area contributed by atoms with E-state index in [-0.39, 0.29) is 40.4 Å². The second-order valence-electron chi connectivity index (χ2n) is 5.88. The lowest BCUT2D eigenvalue weighted by Gasteiger charge is -2.11. The SMILES string of the molecule is NS(=O)(=O)c1ccc(F)c(CNc2nc(Nc3cnn(CCO)c3)ncc2Cl)c1. The van der Waals surface area contributed by atoms with Crippen molar-refractivity contribution < 1.29 is 17.9 Å². The van der Waals surface area contributed by atoms with Crippen LogP contribution in [0.2, 0.25) is 5.02 Å². The number of sulfonamides is 1. The molecule has 154 valence electrons. The van der Waals surface area contributed by atoms with Gasteiger partial charge in [0.1, 0.15) is 10.8 Å². The fourth-order valence-electron chi connectivity index (χ4n) is 2.38. The number of anilines is 3. The van der Waals surface area contributed by atoms with Crippen LogP contribution in [0.1, 0.15) is 5.56 Å². The van der Waals surface area contributed by atoms with Gasteiger partial charge in [0.25, 0.3) is 0 Å². The van der Waals surface area contributed by atoms with Crippen LogP contribution in [0.3, 0.4) is 0 Å². The minimum atomic E-state index is -3.96.